The fraction of sp³-hybridized carbons (Fsp3) is 0.409. The fourth-order valence-corrected chi connectivity index (χ4v) is 4.02. The first-order valence-corrected chi connectivity index (χ1v) is 10.4. The molecule has 1 fully saturated rings. The molecule has 168 valence electrons. The molecule has 31 heavy (non-hydrogen) atoms. The predicted molar refractivity (Wildman–Crippen MR) is 120 cm³/mol. The zero-order chi connectivity index (χ0) is 22.8. The van der Waals surface area contributed by atoms with Gasteiger partial charge in [-0.1, -0.05) is 11.6 Å². The van der Waals surface area contributed by atoms with Crippen LogP contribution in [0.5, 0.6) is 0 Å². The number of likely N-dealkylation sites (N-methyl/N-ethyl adjacent to an activating group) is 1. The van der Waals surface area contributed by atoms with Gasteiger partial charge in [-0.2, -0.15) is 0 Å². The van der Waals surface area contributed by atoms with Crippen LogP contribution in [0.15, 0.2) is 36.4 Å². The van der Waals surface area contributed by atoms with Crippen LogP contribution in [0.2, 0.25) is 5.02 Å². The van der Waals surface area contributed by atoms with Crippen molar-refractivity contribution in [1.29, 1.82) is 0 Å². The molecule has 7 nitrogen and oxygen atoms in total. The molecule has 0 bridgehead atoms. The topological polar surface area (TPSA) is 85.9 Å². The van der Waals surface area contributed by atoms with Crippen LogP contribution in [0, 0.1) is 12.7 Å². The molecule has 0 aliphatic carbocycles. The maximum absolute atomic E-state index is 14.8. The van der Waals surface area contributed by atoms with Crippen LogP contribution in [0.25, 0.3) is 0 Å². The van der Waals surface area contributed by atoms with Gasteiger partial charge in [0.15, 0.2) is 0 Å². The van der Waals surface area contributed by atoms with Crippen molar-refractivity contribution in [2.24, 2.45) is 0 Å². The summed E-state index contributed by atoms with van der Waals surface area (Å²) in [6.45, 7) is 6.31. The maximum Gasteiger partial charge on any atom is 0.411 e. The zero-order valence-corrected chi connectivity index (χ0v) is 18.8. The number of aryl methyl sites for hydroxylation is 1. The van der Waals surface area contributed by atoms with Crippen molar-refractivity contribution in [2.45, 2.75) is 38.8 Å². The van der Waals surface area contributed by atoms with Crippen LogP contribution in [-0.4, -0.2) is 48.2 Å². The van der Waals surface area contributed by atoms with E-state index in [9.17, 15) is 14.3 Å². The molecular weight excluding hydrogens is 423 g/mol. The number of rotatable bonds is 8. The summed E-state index contributed by atoms with van der Waals surface area (Å²) in [5.74, 6) is -0.452. The first-order valence-electron chi connectivity index (χ1n) is 10.0. The van der Waals surface area contributed by atoms with Crippen molar-refractivity contribution in [1.82, 2.24) is 10.2 Å². The number of carbonyl (C=O) groups excluding carboxylic acids is 1. The number of cyclic esters (lactones) is 1. The van der Waals surface area contributed by atoms with Crippen molar-refractivity contribution < 1.29 is 19.0 Å². The Morgan fingerprint density at radius 3 is 2.68 bits per heavy atom. The van der Waals surface area contributed by atoms with Gasteiger partial charge in [-0.15, -0.1) is 0 Å². The normalized spacial score (nSPS) is 18.6. The Hall–Kier alpha value is -2.55. The molecule has 2 aromatic rings. The van der Waals surface area contributed by atoms with Gasteiger partial charge in [0.1, 0.15) is 17.5 Å². The summed E-state index contributed by atoms with van der Waals surface area (Å²) in [6.07, 6.45) is -1.61. The minimum atomic E-state index is -1.13. The number of aliphatic hydroxyl groups excluding tert-OH is 1. The largest absolute Gasteiger partial charge is 0.441 e. The standard InChI is InChI=1S/C22H28ClFN4O3/c1-13-11-14(23)5-8-18(13)27-20(29)26-15-6-7-17(24)16(12-15)19-22(2,3)31-21(30)28(19)10-9-25-4/h5-8,11-12,19-20,25-27,29H,9-10H2,1-4H3. The van der Waals surface area contributed by atoms with Crippen LogP contribution in [0.4, 0.5) is 20.6 Å². The molecular formula is C22H28ClFN4O3. The summed E-state index contributed by atoms with van der Waals surface area (Å²) in [7, 11) is 1.78. The molecule has 2 atom stereocenters. The zero-order valence-electron chi connectivity index (χ0n) is 18.0. The lowest BCUT2D eigenvalue weighted by Crippen LogP contribution is -2.38. The van der Waals surface area contributed by atoms with E-state index in [1.54, 1.807) is 45.2 Å². The molecule has 9 heteroatoms. The lowest BCUT2D eigenvalue weighted by atomic mass is 9.91. The highest BCUT2D eigenvalue weighted by Gasteiger charge is 2.49. The Morgan fingerprint density at radius 2 is 2.00 bits per heavy atom. The number of ether oxygens (including phenoxy) is 1. The molecule has 3 rings (SSSR count). The lowest BCUT2D eigenvalue weighted by Gasteiger charge is -2.30. The summed E-state index contributed by atoms with van der Waals surface area (Å²) in [5.41, 5.74) is 1.47. The predicted octanol–water partition coefficient (Wildman–Crippen LogP) is 4.08. The number of hydrogen-bond donors (Lipinski definition) is 4. The van der Waals surface area contributed by atoms with Crippen LogP contribution < -0.4 is 16.0 Å². The average Bonchev–Trinajstić information content (AvgIpc) is 2.91. The number of carbonyl (C=O) groups is 1. The first-order chi connectivity index (χ1) is 14.6. The smallest absolute Gasteiger partial charge is 0.411 e. The average molecular weight is 451 g/mol. The Bertz CT molecular complexity index is 956. The molecule has 0 spiro atoms. The van der Waals surface area contributed by atoms with E-state index in [0.717, 1.165) is 5.56 Å². The third kappa shape index (κ3) is 5.20. The van der Waals surface area contributed by atoms with E-state index >= 15 is 0 Å². The lowest BCUT2D eigenvalue weighted by molar-refractivity contribution is 0.0667. The summed E-state index contributed by atoms with van der Waals surface area (Å²) >= 11 is 5.97. The van der Waals surface area contributed by atoms with E-state index in [4.69, 9.17) is 16.3 Å². The van der Waals surface area contributed by atoms with Crippen molar-refractivity contribution in [3.8, 4) is 0 Å². The van der Waals surface area contributed by atoms with Crippen molar-refractivity contribution in [3.05, 3.63) is 58.4 Å². The van der Waals surface area contributed by atoms with Gasteiger partial charge in [-0.3, -0.25) is 4.90 Å². The minimum absolute atomic E-state index is 0.312. The van der Waals surface area contributed by atoms with E-state index in [-0.39, 0.29) is 0 Å². The molecule has 2 unspecified atom stereocenters. The van der Waals surface area contributed by atoms with E-state index in [1.807, 2.05) is 6.92 Å². The van der Waals surface area contributed by atoms with E-state index in [2.05, 4.69) is 16.0 Å². The second kappa shape index (κ2) is 9.30. The molecule has 4 N–H and O–H groups in total. The SMILES string of the molecule is CNCCN1C(=O)OC(C)(C)C1c1cc(NC(O)Nc2ccc(Cl)cc2C)ccc1F. The number of nitrogens with one attached hydrogen (secondary N) is 3. The van der Waals surface area contributed by atoms with Gasteiger partial charge < -0.3 is 25.8 Å². The first kappa shape index (κ1) is 23.1. The van der Waals surface area contributed by atoms with Gasteiger partial charge in [-0.05, 0) is 69.8 Å². The number of hydrogen-bond acceptors (Lipinski definition) is 6. The summed E-state index contributed by atoms with van der Waals surface area (Å²) in [6, 6.07) is 9.09. The molecule has 2 aromatic carbocycles. The van der Waals surface area contributed by atoms with Crippen LogP contribution in [0.1, 0.15) is 31.0 Å². The third-order valence-corrected chi connectivity index (χ3v) is 5.47. The van der Waals surface area contributed by atoms with Gasteiger partial charge in [0.05, 0.1) is 0 Å². The van der Waals surface area contributed by atoms with Gasteiger partial charge in [0.25, 0.3) is 0 Å². The van der Waals surface area contributed by atoms with Crippen LogP contribution in [0.3, 0.4) is 0 Å². The Labute approximate surface area is 186 Å². The van der Waals surface area contributed by atoms with Gasteiger partial charge in [0.2, 0.25) is 6.35 Å². The van der Waals surface area contributed by atoms with E-state index < -0.39 is 29.9 Å². The number of benzene rings is 2. The number of nitrogens with zero attached hydrogens (tertiary/aromatic N) is 1. The molecule has 1 aliphatic heterocycles. The van der Waals surface area contributed by atoms with Crippen molar-refractivity contribution >= 4 is 29.1 Å². The van der Waals surface area contributed by atoms with Crippen LogP contribution in [-0.2, 0) is 4.74 Å². The molecule has 1 heterocycles. The maximum atomic E-state index is 14.8. The number of amides is 1. The molecule has 1 amide bonds. The number of anilines is 2. The highest BCUT2D eigenvalue weighted by atomic mass is 35.5. The molecule has 1 saturated heterocycles. The Kier molecular flexibility index (Phi) is 6.93. The summed E-state index contributed by atoms with van der Waals surface area (Å²) < 4.78 is 20.3. The number of aliphatic hydroxyl groups is 1. The van der Waals surface area contributed by atoms with Gasteiger partial charge >= 0.3 is 6.09 Å². The summed E-state index contributed by atoms with van der Waals surface area (Å²) in [5, 5.41) is 19.9. The van der Waals surface area contributed by atoms with Crippen molar-refractivity contribution in [3.63, 3.8) is 0 Å². The highest BCUT2D eigenvalue weighted by molar-refractivity contribution is 6.30. The van der Waals surface area contributed by atoms with Gasteiger partial charge in [0, 0.05) is 35.1 Å². The minimum Gasteiger partial charge on any atom is -0.441 e. The molecule has 0 aromatic heterocycles. The summed E-state index contributed by atoms with van der Waals surface area (Å²) in [4.78, 5) is 13.9. The second-order valence-electron chi connectivity index (χ2n) is 8.06. The highest BCUT2D eigenvalue weighted by Crippen LogP contribution is 2.42. The Morgan fingerprint density at radius 1 is 1.26 bits per heavy atom. The molecule has 1 aliphatic rings. The van der Waals surface area contributed by atoms with Crippen molar-refractivity contribution in [2.75, 3.05) is 30.8 Å². The number of halogens is 2. The Balaban J connectivity index is 1.82. The quantitative estimate of drug-likeness (QED) is 0.453. The second-order valence-corrected chi connectivity index (χ2v) is 8.49. The monoisotopic (exact) mass is 450 g/mol. The van der Waals surface area contributed by atoms with E-state index in [1.165, 1.54) is 17.0 Å². The van der Waals surface area contributed by atoms with Crippen LogP contribution >= 0.6 is 11.6 Å². The third-order valence-electron chi connectivity index (χ3n) is 5.23. The van der Waals surface area contributed by atoms with E-state index in [0.29, 0.717) is 35.1 Å². The fourth-order valence-electron chi connectivity index (χ4n) is 3.79. The molecule has 0 radical (unpaired) electrons. The molecule has 0 saturated carbocycles. The van der Waals surface area contributed by atoms with Gasteiger partial charge in [-0.25, -0.2) is 9.18 Å².